The van der Waals surface area contributed by atoms with E-state index in [1.165, 1.54) is 4.68 Å². The Balaban J connectivity index is 1.92. The Morgan fingerprint density at radius 1 is 1.20 bits per heavy atom. The largest absolute Gasteiger partial charge is 0.491 e. The standard InChI is InChI=1S/C19H16ClN3O2/c1-10-3-4-11(2)16(7-10)23-19(25)14-8-12-5-6-13(20)9-15(12)21-17(14)18(24)22-23/h3-7,9,21H,8H2,1-2H3,(H,22,24). The fourth-order valence-corrected chi connectivity index (χ4v) is 3.28. The third-order valence-electron chi connectivity index (χ3n) is 4.46. The fraction of sp³-hybridized carbons (Fsp3) is 0.158. The van der Waals surface area contributed by atoms with E-state index in [1.54, 1.807) is 12.1 Å². The maximum atomic E-state index is 13.0. The van der Waals surface area contributed by atoms with E-state index in [0.29, 0.717) is 28.4 Å². The molecule has 5 nitrogen and oxygen atoms in total. The molecule has 25 heavy (non-hydrogen) atoms. The molecule has 1 aliphatic rings. The number of nitrogens with one attached hydrogen (secondary N) is 1. The number of benzene rings is 2. The molecular formula is C19H16ClN3O2. The molecule has 2 N–H and O–H groups in total. The predicted octanol–water partition coefficient (Wildman–Crippen LogP) is 3.86. The first-order chi connectivity index (χ1) is 11.9. The molecule has 0 bridgehead atoms. The van der Waals surface area contributed by atoms with Crippen LogP contribution in [0.15, 0.2) is 41.2 Å². The minimum Gasteiger partial charge on any atom is -0.491 e. The molecule has 0 amide bonds. The van der Waals surface area contributed by atoms with E-state index in [-0.39, 0.29) is 11.4 Å². The molecule has 0 radical (unpaired) electrons. The lowest BCUT2D eigenvalue weighted by Crippen LogP contribution is -2.28. The van der Waals surface area contributed by atoms with Gasteiger partial charge in [0.05, 0.1) is 11.3 Å². The lowest BCUT2D eigenvalue weighted by molar-refractivity contribution is 0.437. The molecule has 1 aromatic heterocycles. The molecule has 126 valence electrons. The van der Waals surface area contributed by atoms with Crippen molar-refractivity contribution in [3.63, 3.8) is 0 Å². The van der Waals surface area contributed by atoms with Crippen molar-refractivity contribution >= 4 is 23.0 Å². The number of nitrogens with zero attached hydrogens (tertiary/aromatic N) is 2. The first kappa shape index (κ1) is 15.7. The van der Waals surface area contributed by atoms with Crippen molar-refractivity contribution in [3.8, 4) is 11.6 Å². The van der Waals surface area contributed by atoms with E-state index in [9.17, 15) is 9.90 Å². The monoisotopic (exact) mass is 353 g/mol. The van der Waals surface area contributed by atoms with Gasteiger partial charge in [0.25, 0.3) is 11.4 Å². The third kappa shape index (κ3) is 2.57. The fourth-order valence-electron chi connectivity index (χ4n) is 3.11. The SMILES string of the molecule is Cc1ccc(C)c(-n2nc(O)c3c(c2=O)Cc2ccc(Cl)cc2N3)c1. The number of aromatic nitrogens is 2. The van der Waals surface area contributed by atoms with Crippen LogP contribution in [0.3, 0.4) is 0 Å². The van der Waals surface area contributed by atoms with Gasteiger partial charge in [-0.15, -0.1) is 5.10 Å². The van der Waals surface area contributed by atoms with Crippen molar-refractivity contribution in [2.75, 3.05) is 5.32 Å². The van der Waals surface area contributed by atoms with Gasteiger partial charge in [-0.2, -0.15) is 4.68 Å². The maximum absolute atomic E-state index is 13.0. The summed E-state index contributed by atoms with van der Waals surface area (Å²) < 4.78 is 1.28. The number of anilines is 2. The normalized spacial score (nSPS) is 12.3. The van der Waals surface area contributed by atoms with Gasteiger partial charge >= 0.3 is 0 Å². The van der Waals surface area contributed by atoms with Gasteiger partial charge in [0.15, 0.2) is 0 Å². The van der Waals surface area contributed by atoms with Gasteiger partial charge in [0.2, 0.25) is 0 Å². The molecule has 0 aliphatic carbocycles. The summed E-state index contributed by atoms with van der Waals surface area (Å²) >= 11 is 6.03. The third-order valence-corrected chi connectivity index (χ3v) is 4.70. The maximum Gasteiger partial charge on any atom is 0.277 e. The van der Waals surface area contributed by atoms with Crippen molar-refractivity contribution in [1.29, 1.82) is 0 Å². The number of fused-ring (bicyclic) bond motifs is 2. The Bertz CT molecular complexity index is 1070. The van der Waals surface area contributed by atoms with Gasteiger partial charge < -0.3 is 10.4 Å². The zero-order valence-corrected chi connectivity index (χ0v) is 14.6. The van der Waals surface area contributed by atoms with Crippen LogP contribution in [0.4, 0.5) is 11.4 Å². The van der Waals surface area contributed by atoms with E-state index in [1.807, 2.05) is 38.1 Å². The van der Waals surface area contributed by atoms with Crippen LogP contribution in [0, 0.1) is 13.8 Å². The quantitative estimate of drug-likeness (QED) is 0.545. The Kier molecular flexibility index (Phi) is 3.54. The van der Waals surface area contributed by atoms with Crippen molar-refractivity contribution in [1.82, 2.24) is 9.78 Å². The molecule has 0 saturated heterocycles. The number of rotatable bonds is 1. The lowest BCUT2D eigenvalue weighted by atomic mass is 9.99. The highest BCUT2D eigenvalue weighted by molar-refractivity contribution is 6.30. The van der Waals surface area contributed by atoms with Crippen LogP contribution in [-0.2, 0) is 6.42 Å². The zero-order valence-electron chi connectivity index (χ0n) is 13.8. The Hall–Kier alpha value is -2.79. The van der Waals surface area contributed by atoms with Crippen LogP contribution in [-0.4, -0.2) is 14.9 Å². The first-order valence-electron chi connectivity index (χ1n) is 7.92. The molecular weight excluding hydrogens is 338 g/mol. The van der Waals surface area contributed by atoms with E-state index >= 15 is 0 Å². The molecule has 4 rings (SSSR count). The smallest absolute Gasteiger partial charge is 0.277 e. The summed E-state index contributed by atoms with van der Waals surface area (Å²) in [6.07, 6.45) is 0.411. The lowest BCUT2D eigenvalue weighted by Gasteiger charge is -2.22. The molecule has 0 atom stereocenters. The zero-order chi connectivity index (χ0) is 17.7. The van der Waals surface area contributed by atoms with E-state index in [4.69, 9.17) is 11.6 Å². The molecule has 2 aromatic carbocycles. The van der Waals surface area contributed by atoms with E-state index in [0.717, 1.165) is 22.4 Å². The van der Waals surface area contributed by atoms with Crippen molar-refractivity contribution in [2.24, 2.45) is 0 Å². The highest BCUT2D eigenvalue weighted by Crippen LogP contribution is 2.36. The molecule has 6 heteroatoms. The Morgan fingerprint density at radius 3 is 2.80 bits per heavy atom. The summed E-state index contributed by atoms with van der Waals surface area (Å²) in [7, 11) is 0. The van der Waals surface area contributed by atoms with Gasteiger partial charge in [-0.25, -0.2) is 0 Å². The highest BCUT2D eigenvalue weighted by atomic mass is 35.5. The Labute approximate surface area is 149 Å². The van der Waals surface area contributed by atoms with Crippen molar-refractivity contribution in [3.05, 3.63) is 74.0 Å². The predicted molar refractivity (Wildman–Crippen MR) is 98.5 cm³/mol. The topological polar surface area (TPSA) is 67.1 Å². The highest BCUT2D eigenvalue weighted by Gasteiger charge is 2.24. The second-order valence-corrected chi connectivity index (χ2v) is 6.72. The van der Waals surface area contributed by atoms with E-state index in [2.05, 4.69) is 10.4 Å². The summed E-state index contributed by atoms with van der Waals surface area (Å²) in [5.41, 5.74) is 4.93. The summed E-state index contributed by atoms with van der Waals surface area (Å²) in [6.45, 7) is 3.86. The van der Waals surface area contributed by atoms with Gasteiger partial charge in [-0.3, -0.25) is 4.79 Å². The van der Waals surface area contributed by atoms with Crippen molar-refractivity contribution < 1.29 is 5.11 Å². The van der Waals surface area contributed by atoms with Crippen LogP contribution in [0.2, 0.25) is 5.02 Å². The first-order valence-corrected chi connectivity index (χ1v) is 8.30. The molecule has 0 spiro atoms. The second kappa shape index (κ2) is 5.63. The average Bonchev–Trinajstić information content (AvgIpc) is 2.59. The van der Waals surface area contributed by atoms with Gasteiger partial charge in [0, 0.05) is 17.1 Å². The molecule has 1 aliphatic heterocycles. The van der Waals surface area contributed by atoms with E-state index < -0.39 is 0 Å². The second-order valence-electron chi connectivity index (χ2n) is 6.29. The summed E-state index contributed by atoms with van der Waals surface area (Å²) in [6, 6.07) is 11.2. The molecule has 0 saturated carbocycles. The van der Waals surface area contributed by atoms with Crippen LogP contribution in [0.5, 0.6) is 5.88 Å². The van der Waals surface area contributed by atoms with Crippen LogP contribution in [0.25, 0.3) is 5.69 Å². The molecule has 3 aromatic rings. The van der Waals surface area contributed by atoms with Gasteiger partial charge in [-0.1, -0.05) is 29.8 Å². The molecule has 2 heterocycles. The summed E-state index contributed by atoms with van der Waals surface area (Å²) in [5.74, 6) is -0.207. The van der Waals surface area contributed by atoms with Crippen LogP contribution >= 0.6 is 11.6 Å². The molecule has 0 fully saturated rings. The summed E-state index contributed by atoms with van der Waals surface area (Å²) in [4.78, 5) is 13.0. The number of hydrogen-bond donors (Lipinski definition) is 2. The van der Waals surface area contributed by atoms with Gasteiger partial charge in [0.1, 0.15) is 5.69 Å². The number of halogens is 1. The van der Waals surface area contributed by atoms with Crippen LogP contribution < -0.4 is 10.9 Å². The number of aryl methyl sites for hydroxylation is 2. The molecule has 0 unspecified atom stereocenters. The average molecular weight is 354 g/mol. The number of aromatic hydroxyl groups is 1. The summed E-state index contributed by atoms with van der Waals surface area (Å²) in [5, 5.41) is 18.2. The minimum atomic E-state index is -0.241. The van der Waals surface area contributed by atoms with Gasteiger partial charge in [-0.05, 0) is 48.7 Å². The van der Waals surface area contributed by atoms with Crippen LogP contribution in [0.1, 0.15) is 22.3 Å². The number of hydrogen-bond acceptors (Lipinski definition) is 4. The minimum absolute atomic E-state index is 0.207. The van der Waals surface area contributed by atoms with Crippen molar-refractivity contribution in [2.45, 2.75) is 20.3 Å². The Morgan fingerprint density at radius 2 is 2.00 bits per heavy atom.